The number of methoxy groups -OCH3 is 1. The molecule has 0 fully saturated rings. The van der Waals surface area contributed by atoms with Gasteiger partial charge in [0.2, 0.25) is 0 Å². The molecule has 0 heterocycles. The van der Waals surface area contributed by atoms with Crippen LogP contribution < -0.4 is 5.73 Å². The first-order valence-corrected chi connectivity index (χ1v) is 5.57. The van der Waals surface area contributed by atoms with Gasteiger partial charge < -0.3 is 10.5 Å². The Bertz CT molecular complexity index is 211. The van der Waals surface area contributed by atoms with E-state index in [1.807, 2.05) is 0 Å². The topological polar surface area (TPSA) is 69.4 Å². The minimum absolute atomic E-state index is 0.00148. The van der Waals surface area contributed by atoms with E-state index in [-0.39, 0.29) is 17.6 Å². The van der Waals surface area contributed by atoms with Crippen LogP contribution in [0.3, 0.4) is 0 Å². The highest BCUT2D eigenvalue weighted by Crippen LogP contribution is 2.01. The maximum atomic E-state index is 11.3. The normalized spacial score (nSPS) is 15.1. The number of rotatable bonds is 5. The summed E-state index contributed by atoms with van der Waals surface area (Å²) in [7, 11) is -1.52. The van der Waals surface area contributed by atoms with E-state index in [1.54, 1.807) is 13.8 Å². The van der Waals surface area contributed by atoms with E-state index in [0.717, 1.165) is 0 Å². The van der Waals surface area contributed by atoms with Crippen molar-refractivity contribution in [3.8, 4) is 0 Å². The lowest BCUT2D eigenvalue weighted by Gasteiger charge is -2.12. The Morgan fingerprint density at radius 1 is 1.42 bits per heavy atom. The van der Waals surface area contributed by atoms with Gasteiger partial charge in [0.05, 0.1) is 17.6 Å². The quantitative estimate of drug-likeness (QED) is 0.658. The van der Waals surface area contributed by atoms with Gasteiger partial charge in [-0.25, -0.2) is 8.42 Å². The summed E-state index contributed by atoms with van der Waals surface area (Å²) in [5, 5.41) is -0.361. The first kappa shape index (κ1) is 11.9. The SMILES string of the molecule is COCC(N)CS(=O)(=O)C(C)C. The van der Waals surface area contributed by atoms with E-state index in [0.29, 0.717) is 0 Å². The largest absolute Gasteiger partial charge is 0.383 e. The van der Waals surface area contributed by atoms with Gasteiger partial charge in [0, 0.05) is 13.2 Å². The third kappa shape index (κ3) is 4.04. The van der Waals surface area contributed by atoms with Gasteiger partial charge in [-0.05, 0) is 13.8 Å². The first-order valence-electron chi connectivity index (χ1n) is 3.86. The van der Waals surface area contributed by atoms with E-state index in [1.165, 1.54) is 7.11 Å². The van der Waals surface area contributed by atoms with Crippen molar-refractivity contribution in [2.45, 2.75) is 25.1 Å². The highest BCUT2D eigenvalue weighted by Gasteiger charge is 2.19. The predicted octanol–water partition coefficient (Wildman–Crippen LogP) is -0.217. The summed E-state index contributed by atoms with van der Waals surface area (Å²) in [6.45, 7) is 3.58. The minimum atomic E-state index is -3.02. The highest BCUT2D eigenvalue weighted by molar-refractivity contribution is 7.92. The van der Waals surface area contributed by atoms with Crippen molar-refractivity contribution in [3.05, 3.63) is 0 Å². The number of nitrogens with two attached hydrogens (primary N) is 1. The average molecular weight is 195 g/mol. The van der Waals surface area contributed by atoms with Gasteiger partial charge in [0.1, 0.15) is 0 Å². The van der Waals surface area contributed by atoms with Crippen molar-refractivity contribution in [2.75, 3.05) is 19.5 Å². The van der Waals surface area contributed by atoms with E-state index in [2.05, 4.69) is 0 Å². The molecule has 5 heteroatoms. The van der Waals surface area contributed by atoms with E-state index in [9.17, 15) is 8.42 Å². The monoisotopic (exact) mass is 195 g/mol. The molecule has 12 heavy (non-hydrogen) atoms. The van der Waals surface area contributed by atoms with Gasteiger partial charge in [0.25, 0.3) is 0 Å². The van der Waals surface area contributed by atoms with Crippen LogP contribution >= 0.6 is 0 Å². The van der Waals surface area contributed by atoms with Crippen molar-refractivity contribution in [1.82, 2.24) is 0 Å². The molecule has 0 aromatic rings. The standard InChI is InChI=1S/C7H17NO3S/c1-6(2)12(9,10)5-7(8)4-11-3/h6-7H,4-5,8H2,1-3H3. The van der Waals surface area contributed by atoms with Crippen molar-refractivity contribution in [1.29, 1.82) is 0 Å². The molecule has 0 saturated carbocycles. The number of sulfone groups is 1. The molecule has 2 N–H and O–H groups in total. The predicted molar refractivity (Wildman–Crippen MR) is 48.8 cm³/mol. The molecule has 74 valence electrons. The molecule has 0 saturated heterocycles. The molecular weight excluding hydrogens is 178 g/mol. The summed E-state index contributed by atoms with van der Waals surface area (Å²) >= 11 is 0. The van der Waals surface area contributed by atoms with Gasteiger partial charge in [-0.15, -0.1) is 0 Å². The Balaban J connectivity index is 4.07. The van der Waals surface area contributed by atoms with Crippen molar-refractivity contribution in [2.24, 2.45) is 5.73 Å². The summed E-state index contributed by atoms with van der Waals surface area (Å²) in [5.74, 6) is -0.00148. The molecule has 1 unspecified atom stereocenters. The second-order valence-corrected chi connectivity index (χ2v) is 5.70. The Kier molecular flexibility index (Phi) is 4.74. The second-order valence-electron chi connectivity index (χ2n) is 3.09. The lowest BCUT2D eigenvalue weighted by atomic mass is 10.4. The van der Waals surface area contributed by atoms with Gasteiger partial charge >= 0.3 is 0 Å². The number of ether oxygens (including phenoxy) is 1. The van der Waals surface area contributed by atoms with Crippen LogP contribution in [-0.4, -0.2) is 39.2 Å². The summed E-state index contributed by atoms with van der Waals surface area (Å²) in [4.78, 5) is 0. The van der Waals surface area contributed by atoms with Gasteiger partial charge in [-0.2, -0.15) is 0 Å². The van der Waals surface area contributed by atoms with Crippen LogP contribution in [-0.2, 0) is 14.6 Å². The summed E-state index contributed by atoms with van der Waals surface area (Å²) in [6, 6.07) is -0.414. The first-order chi connectivity index (χ1) is 5.40. The van der Waals surface area contributed by atoms with Crippen LogP contribution in [0.25, 0.3) is 0 Å². The van der Waals surface area contributed by atoms with Crippen LogP contribution in [0.2, 0.25) is 0 Å². The molecule has 0 radical (unpaired) electrons. The summed E-state index contributed by atoms with van der Waals surface area (Å²) in [6.07, 6.45) is 0. The molecule has 0 aromatic carbocycles. The third-order valence-electron chi connectivity index (χ3n) is 1.55. The maximum Gasteiger partial charge on any atom is 0.154 e. The van der Waals surface area contributed by atoms with Gasteiger partial charge in [-0.3, -0.25) is 0 Å². The maximum absolute atomic E-state index is 11.3. The highest BCUT2D eigenvalue weighted by atomic mass is 32.2. The molecule has 0 aliphatic heterocycles. The molecular formula is C7H17NO3S. The Hall–Kier alpha value is -0.130. The van der Waals surface area contributed by atoms with E-state index in [4.69, 9.17) is 10.5 Å². The lowest BCUT2D eigenvalue weighted by Crippen LogP contribution is -2.36. The van der Waals surface area contributed by atoms with Gasteiger partial charge in [-0.1, -0.05) is 0 Å². The van der Waals surface area contributed by atoms with Crippen molar-refractivity contribution >= 4 is 9.84 Å². The third-order valence-corrected chi connectivity index (χ3v) is 3.87. The average Bonchev–Trinajstić information content (AvgIpc) is 1.85. The molecule has 1 atom stereocenters. The van der Waals surface area contributed by atoms with Crippen LogP contribution in [0.1, 0.15) is 13.8 Å². The zero-order chi connectivity index (χ0) is 9.78. The number of hydrogen-bond acceptors (Lipinski definition) is 4. The Morgan fingerprint density at radius 3 is 2.25 bits per heavy atom. The molecule has 0 spiro atoms. The van der Waals surface area contributed by atoms with Crippen LogP contribution in [0.4, 0.5) is 0 Å². The zero-order valence-electron chi connectivity index (χ0n) is 7.78. The summed E-state index contributed by atoms with van der Waals surface area (Å²) in [5.41, 5.74) is 5.50. The van der Waals surface area contributed by atoms with E-state index < -0.39 is 15.9 Å². The summed E-state index contributed by atoms with van der Waals surface area (Å²) < 4.78 is 27.3. The van der Waals surface area contributed by atoms with Crippen LogP contribution in [0.5, 0.6) is 0 Å². The van der Waals surface area contributed by atoms with Crippen molar-refractivity contribution in [3.63, 3.8) is 0 Å². The molecule has 0 aliphatic rings. The van der Waals surface area contributed by atoms with Crippen LogP contribution in [0, 0.1) is 0 Å². The molecule has 4 nitrogen and oxygen atoms in total. The molecule has 0 bridgehead atoms. The fourth-order valence-electron chi connectivity index (χ4n) is 0.753. The fourth-order valence-corrected chi connectivity index (χ4v) is 1.83. The van der Waals surface area contributed by atoms with E-state index >= 15 is 0 Å². The van der Waals surface area contributed by atoms with Crippen LogP contribution in [0.15, 0.2) is 0 Å². The molecule has 0 aliphatic carbocycles. The molecule has 0 rings (SSSR count). The Labute approximate surface area is 74.0 Å². The Morgan fingerprint density at radius 2 is 1.92 bits per heavy atom. The second kappa shape index (κ2) is 4.79. The number of hydrogen-bond donors (Lipinski definition) is 1. The van der Waals surface area contributed by atoms with Gasteiger partial charge in [0.15, 0.2) is 9.84 Å². The zero-order valence-corrected chi connectivity index (χ0v) is 8.60. The lowest BCUT2D eigenvalue weighted by molar-refractivity contribution is 0.186. The fraction of sp³-hybridized carbons (Fsp3) is 1.00. The smallest absolute Gasteiger partial charge is 0.154 e. The van der Waals surface area contributed by atoms with Crippen molar-refractivity contribution < 1.29 is 13.2 Å². The molecule has 0 aromatic heterocycles. The molecule has 0 amide bonds. The minimum Gasteiger partial charge on any atom is -0.383 e.